The van der Waals surface area contributed by atoms with Gasteiger partial charge in [-0.1, -0.05) is 18.2 Å². The molecule has 1 heterocycles. The zero-order valence-electron chi connectivity index (χ0n) is 9.29. The summed E-state index contributed by atoms with van der Waals surface area (Å²) in [6.45, 7) is 0.362. The molecule has 0 unspecified atom stereocenters. The Morgan fingerprint density at radius 3 is 2.61 bits per heavy atom. The molecular weight excluding hydrogens is 245 g/mol. The maximum atomic E-state index is 12.3. The van der Waals surface area contributed by atoms with Crippen molar-refractivity contribution in [2.24, 2.45) is 5.73 Å². The molecule has 0 atom stereocenters. The fourth-order valence-corrected chi connectivity index (χ4v) is 1.69. The topological polar surface area (TPSA) is 47.3 Å². The number of para-hydroxylation sites is 1. The van der Waals surface area contributed by atoms with Crippen LogP contribution in [0.15, 0.2) is 42.2 Å². The molecule has 0 bridgehead atoms. The summed E-state index contributed by atoms with van der Waals surface area (Å²) in [6, 6.07) is 5.93. The summed E-state index contributed by atoms with van der Waals surface area (Å²) in [6.07, 6.45) is -1.47. The lowest BCUT2D eigenvalue weighted by atomic mass is 10.0. The second kappa shape index (κ2) is 4.64. The molecule has 1 aliphatic rings. The first-order valence-electron chi connectivity index (χ1n) is 5.21. The number of ether oxygens (including phenoxy) is 1. The summed E-state index contributed by atoms with van der Waals surface area (Å²) in [7, 11) is 0. The van der Waals surface area contributed by atoms with Gasteiger partial charge in [0.2, 0.25) is 0 Å². The Labute approximate surface area is 102 Å². The molecule has 3 N–H and O–H groups in total. The standard InChI is InChI=1S/C12H11F3N2O/c13-12(14,15)18-11-4-2-1-3-8(11)9-7-17-6-5-10(9)16/h1-6,17H,7,16H2. The zero-order valence-corrected chi connectivity index (χ0v) is 9.29. The van der Waals surface area contributed by atoms with E-state index in [1.54, 1.807) is 24.4 Å². The minimum absolute atomic E-state index is 0.250. The van der Waals surface area contributed by atoms with Crippen LogP contribution in [-0.4, -0.2) is 12.9 Å². The quantitative estimate of drug-likeness (QED) is 0.854. The molecule has 18 heavy (non-hydrogen) atoms. The number of benzene rings is 1. The Morgan fingerprint density at radius 2 is 1.94 bits per heavy atom. The molecule has 96 valence electrons. The van der Waals surface area contributed by atoms with Crippen LogP contribution >= 0.6 is 0 Å². The molecule has 0 radical (unpaired) electrons. The highest BCUT2D eigenvalue weighted by molar-refractivity contribution is 5.76. The molecule has 2 rings (SSSR count). The van der Waals surface area contributed by atoms with Crippen molar-refractivity contribution in [3.63, 3.8) is 0 Å². The third-order valence-electron chi connectivity index (χ3n) is 2.45. The Balaban J connectivity index is 2.42. The van der Waals surface area contributed by atoms with Gasteiger partial charge in [-0.3, -0.25) is 0 Å². The van der Waals surface area contributed by atoms with Crippen LogP contribution in [0.3, 0.4) is 0 Å². The number of dihydropyridines is 1. The van der Waals surface area contributed by atoms with E-state index in [-0.39, 0.29) is 5.75 Å². The molecule has 0 aromatic heterocycles. The number of nitrogens with one attached hydrogen (secondary N) is 1. The van der Waals surface area contributed by atoms with Gasteiger partial charge in [0, 0.05) is 23.4 Å². The number of alkyl halides is 3. The Bertz CT molecular complexity index is 506. The van der Waals surface area contributed by atoms with E-state index in [2.05, 4.69) is 10.1 Å². The fraction of sp³-hybridized carbons (Fsp3) is 0.167. The van der Waals surface area contributed by atoms with Crippen molar-refractivity contribution in [1.82, 2.24) is 5.32 Å². The monoisotopic (exact) mass is 256 g/mol. The van der Waals surface area contributed by atoms with Gasteiger partial charge in [0.05, 0.1) is 0 Å². The summed E-state index contributed by atoms with van der Waals surface area (Å²) in [5.74, 6) is -0.250. The Hall–Kier alpha value is -2.11. The van der Waals surface area contributed by atoms with Gasteiger partial charge in [0.25, 0.3) is 0 Å². The molecule has 0 fully saturated rings. The normalized spacial score (nSPS) is 15.5. The van der Waals surface area contributed by atoms with E-state index in [1.165, 1.54) is 12.1 Å². The molecule has 0 spiro atoms. The highest BCUT2D eigenvalue weighted by Gasteiger charge is 2.32. The summed E-state index contributed by atoms with van der Waals surface area (Å²) in [5.41, 5.74) is 7.10. The van der Waals surface area contributed by atoms with Crippen LogP contribution in [0.25, 0.3) is 5.57 Å². The van der Waals surface area contributed by atoms with Crippen molar-refractivity contribution in [1.29, 1.82) is 0 Å². The number of hydrogen-bond donors (Lipinski definition) is 2. The number of allylic oxidation sites excluding steroid dienone is 1. The van der Waals surface area contributed by atoms with Gasteiger partial charge in [-0.25, -0.2) is 0 Å². The molecular formula is C12H11F3N2O. The molecule has 1 aliphatic heterocycles. The second-order valence-corrected chi connectivity index (χ2v) is 3.69. The second-order valence-electron chi connectivity index (χ2n) is 3.69. The van der Waals surface area contributed by atoms with Crippen molar-refractivity contribution in [3.05, 3.63) is 47.8 Å². The van der Waals surface area contributed by atoms with E-state index in [1.807, 2.05) is 0 Å². The molecule has 1 aromatic carbocycles. The maximum Gasteiger partial charge on any atom is 0.573 e. The van der Waals surface area contributed by atoms with Gasteiger partial charge in [-0.15, -0.1) is 13.2 Å². The largest absolute Gasteiger partial charge is 0.573 e. The molecule has 0 saturated heterocycles. The lowest BCUT2D eigenvalue weighted by Crippen LogP contribution is -2.21. The SMILES string of the molecule is NC1=C(c2ccccc2OC(F)(F)F)CNC=C1. The van der Waals surface area contributed by atoms with Crippen LogP contribution in [0.5, 0.6) is 5.75 Å². The van der Waals surface area contributed by atoms with E-state index in [0.717, 1.165) is 0 Å². The van der Waals surface area contributed by atoms with Gasteiger partial charge < -0.3 is 15.8 Å². The van der Waals surface area contributed by atoms with Crippen LogP contribution in [0.4, 0.5) is 13.2 Å². The lowest BCUT2D eigenvalue weighted by molar-refractivity contribution is -0.274. The van der Waals surface area contributed by atoms with Gasteiger partial charge >= 0.3 is 6.36 Å². The Kier molecular flexibility index (Phi) is 3.18. The molecule has 0 amide bonds. The fourth-order valence-electron chi connectivity index (χ4n) is 1.69. The highest BCUT2D eigenvalue weighted by Crippen LogP contribution is 2.32. The zero-order chi connectivity index (χ0) is 13.2. The number of halogens is 3. The average molecular weight is 256 g/mol. The summed E-state index contributed by atoms with van der Waals surface area (Å²) < 4.78 is 40.9. The van der Waals surface area contributed by atoms with Crippen molar-refractivity contribution < 1.29 is 17.9 Å². The van der Waals surface area contributed by atoms with Gasteiger partial charge in [0.1, 0.15) is 5.75 Å². The van der Waals surface area contributed by atoms with Crippen LogP contribution in [-0.2, 0) is 0 Å². The molecule has 0 aliphatic carbocycles. The van der Waals surface area contributed by atoms with Crippen molar-refractivity contribution in [3.8, 4) is 5.75 Å². The lowest BCUT2D eigenvalue weighted by Gasteiger charge is -2.18. The predicted octanol–water partition coefficient (Wildman–Crippen LogP) is 2.37. The maximum absolute atomic E-state index is 12.3. The summed E-state index contributed by atoms with van der Waals surface area (Å²) in [5, 5.41) is 2.90. The van der Waals surface area contributed by atoms with E-state index >= 15 is 0 Å². The van der Waals surface area contributed by atoms with E-state index in [4.69, 9.17) is 5.73 Å². The van der Waals surface area contributed by atoms with Crippen molar-refractivity contribution in [2.45, 2.75) is 6.36 Å². The summed E-state index contributed by atoms with van der Waals surface area (Å²) >= 11 is 0. The minimum Gasteiger partial charge on any atom is -0.405 e. The van der Waals surface area contributed by atoms with Crippen molar-refractivity contribution in [2.75, 3.05) is 6.54 Å². The first-order chi connectivity index (χ1) is 8.47. The number of rotatable bonds is 2. The molecule has 6 heteroatoms. The van der Waals surface area contributed by atoms with E-state index in [0.29, 0.717) is 23.4 Å². The first-order valence-corrected chi connectivity index (χ1v) is 5.21. The summed E-state index contributed by atoms with van der Waals surface area (Å²) in [4.78, 5) is 0. The van der Waals surface area contributed by atoms with E-state index in [9.17, 15) is 13.2 Å². The Morgan fingerprint density at radius 1 is 1.22 bits per heavy atom. The predicted molar refractivity (Wildman–Crippen MR) is 61.4 cm³/mol. The van der Waals surface area contributed by atoms with E-state index < -0.39 is 6.36 Å². The van der Waals surface area contributed by atoms with Crippen LogP contribution in [0.2, 0.25) is 0 Å². The molecule has 1 aromatic rings. The number of nitrogens with two attached hydrogens (primary N) is 1. The van der Waals surface area contributed by atoms with Gasteiger partial charge in [-0.05, 0) is 18.3 Å². The van der Waals surface area contributed by atoms with Crippen LogP contribution in [0, 0.1) is 0 Å². The highest BCUT2D eigenvalue weighted by atomic mass is 19.4. The minimum atomic E-state index is -4.72. The smallest absolute Gasteiger partial charge is 0.405 e. The average Bonchev–Trinajstić information content (AvgIpc) is 2.29. The third kappa shape index (κ3) is 2.77. The van der Waals surface area contributed by atoms with Crippen LogP contribution in [0.1, 0.15) is 5.56 Å². The molecule has 3 nitrogen and oxygen atoms in total. The van der Waals surface area contributed by atoms with Gasteiger partial charge in [-0.2, -0.15) is 0 Å². The molecule has 0 saturated carbocycles. The third-order valence-corrected chi connectivity index (χ3v) is 2.45. The van der Waals surface area contributed by atoms with Crippen LogP contribution < -0.4 is 15.8 Å². The number of hydrogen-bond acceptors (Lipinski definition) is 3. The van der Waals surface area contributed by atoms with Gasteiger partial charge in [0.15, 0.2) is 0 Å². The van der Waals surface area contributed by atoms with Crippen molar-refractivity contribution >= 4 is 5.57 Å². The first kappa shape index (κ1) is 12.3.